The molecule has 0 aromatic rings. The number of carboxylic acid groups (broad SMARTS) is 1. The molecule has 8 N–H and O–H groups in total. The fraction of sp³-hybridized carbons (Fsp3) is 0.692. The van der Waals surface area contributed by atoms with Crippen LogP contribution >= 0.6 is 0 Å². The van der Waals surface area contributed by atoms with E-state index >= 15 is 0 Å². The van der Waals surface area contributed by atoms with E-state index in [4.69, 9.17) is 16.6 Å². The maximum Gasteiger partial charge on any atom is 0.322 e. The fourth-order valence-corrected chi connectivity index (χ4v) is 1.58. The zero-order valence-electron chi connectivity index (χ0n) is 13.1. The topological polar surface area (TPSA) is 177 Å². The second-order valence-electron chi connectivity index (χ2n) is 5.01. The third-order valence-corrected chi connectivity index (χ3v) is 2.92. The summed E-state index contributed by atoms with van der Waals surface area (Å²) in [5, 5.41) is 15.2. The van der Waals surface area contributed by atoms with E-state index in [0.717, 1.165) is 12.8 Å². The number of hydrogen-bond acceptors (Lipinski definition) is 6. The van der Waals surface area contributed by atoms with Gasteiger partial charge in [0.05, 0.1) is 12.6 Å². The Kier molecular flexibility index (Phi) is 10.3. The maximum atomic E-state index is 11.8. The van der Waals surface area contributed by atoms with Crippen molar-refractivity contribution < 1.29 is 24.3 Å². The largest absolute Gasteiger partial charge is 0.480 e. The number of hydrogen-bond donors (Lipinski definition) is 6. The average molecular weight is 331 g/mol. The lowest BCUT2D eigenvalue weighted by Crippen LogP contribution is -2.51. The Morgan fingerprint density at radius 1 is 1.04 bits per heavy atom. The minimum absolute atomic E-state index is 0.380. The highest BCUT2D eigenvalue weighted by Gasteiger charge is 2.20. The van der Waals surface area contributed by atoms with Crippen LogP contribution in [0.3, 0.4) is 0 Å². The van der Waals surface area contributed by atoms with Crippen LogP contribution in [0.25, 0.3) is 0 Å². The molecule has 0 fully saturated rings. The molecule has 0 bridgehead atoms. The smallest absolute Gasteiger partial charge is 0.322 e. The molecule has 0 heterocycles. The van der Waals surface area contributed by atoms with Crippen molar-refractivity contribution in [2.45, 2.75) is 38.3 Å². The molecule has 132 valence electrons. The Hall–Kier alpha value is -2.20. The third-order valence-electron chi connectivity index (χ3n) is 2.92. The average Bonchev–Trinajstić information content (AvgIpc) is 2.50. The van der Waals surface area contributed by atoms with Crippen LogP contribution in [0.1, 0.15) is 26.2 Å². The van der Waals surface area contributed by atoms with Crippen molar-refractivity contribution >= 4 is 23.7 Å². The molecule has 0 saturated heterocycles. The van der Waals surface area contributed by atoms with Gasteiger partial charge in [0, 0.05) is 0 Å². The summed E-state index contributed by atoms with van der Waals surface area (Å²) in [6, 6.07) is -1.59. The highest BCUT2D eigenvalue weighted by atomic mass is 16.4. The van der Waals surface area contributed by atoms with E-state index < -0.39 is 42.3 Å². The van der Waals surface area contributed by atoms with Crippen molar-refractivity contribution in [3.8, 4) is 0 Å². The second kappa shape index (κ2) is 11.4. The van der Waals surface area contributed by atoms with Gasteiger partial charge in [0.1, 0.15) is 12.6 Å². The first kappa shape index (κ1) is 20.8. The highest BCUT2D eigenvalue weighted by Crippen LogP contribution is 1.98. The van der Waals surface area contributed by atoms with Crippen LogP contribution in [0, 0.1) is 0 Å². The van der Waals surface area contributed by atoms with Crippen molar-refractivity contribution in [1.82, 2.24) is 16.0 Å². The Bertz CT molecular complexity index is 429. The molecule has 3 amide bonds. The lowest BCUT2D eigenvalue weighted by atomic mass is 10.1. The van der Waals surface area contributed by atoms with Gasteiger partial charge in [-0.2, -0.15) is 0 Å². The summed E-state index contributed by atoms with van der Waals surface area (Å²) in [4.78, 5) is 45.0. The molecule has 0 unspecified atom stereocenters. The zero-order valence-corrected chi connectivity index (χ0v) is 13.1. The molecule has 0 saturated carbocycles. The van der Waals surface area contributed by atoms with Gasteiger partial charge in [-0.3, -0.25) is 19.2 Å². The molecule has 0 rings (SSSR count). The molecule has 0 aliphatic heterocycles. The van der Waals surface area contributed by atoms with Crippen LogP contribution in [0.5, 0.6) is 0 Å². The molecule has 0 aromatic carbocycles. The summed E-state index contributed by atoms with van der Waals surface area (Å²) in [7, 11) is 0. The van der Waals surface area contributed by atoms with Gasteiger partial charge < -0.3 is 32.5 Å². The number of carbonyl (C=O) groups excluding carboxylic acids is 3. The molecule has 23 heavy (non-hydrogen) atoms. The van der Waals surface area contributed by atoms with Gasteiger partial charge in [0.25, 0.3) is 0 Å². The standard InChI is InChI=1S/C13H25N5O5/c1-8(18-13(23)9(15)4-2-3-5-14)12(22)17-6-10(19)16-7-11(20)21/h8-9H,2-7,14-15H2,1H3,(H,16,19)(H,17,22)(H,18,23)(H,20,21)/t8-,9-/m0/s1. The second-order valence-corrected chi connectivity index (χ2v) is 5.01. The maximum absolute atomic E-state index is 11.8. The van der Waals surface area contributed by atoms with Gasteiger partial charge in [-0.05, 0) is 26.3 Å². The normalized spacial score (nSPS) is 12.8. The summed E-state index contributed by atoms with van der Waals surface area (Å²) < 4.78 is 0. The van der Waals surface area contributed by atoms with Crippen molar-refractivity contribution in [1.29, 1.82) is 0 Å². The lowest BCUT2D eigenvalue weighted by Gasteiger charge is -2.17. The molecule has 0 aromatic heterocycles. The van der Waals surface area contributed by atoms with E-state index in [9.17, 15) is 19.2 Å². The molecule has 10 heteroatoms. The fourth-order valence-electron chi connectivity index (χ4n) is 1.58. The van der Waals surface area contributed by atoms with E-state index in [1.54, 1.807) is 0 Å². The van der Waals surface area contributed by atoms with Gasteiger partial charge >= 0.3 is 5.97 Å². The molecule has 2 atom stereocenters. The quantitative estimate of drug-likeness (QED) is 0.222. The SMILES string of the molecule is C[C@H](NC(=O)[C@@H](N)CCCCN)C(=O)NCC(=O)NCC(=O)O. The zero-order chi connectivity index (χ0) is 17.8. The van der Waals surface area contributed by atoms with Gasteiger partial charge in [-0.1, -0.05) is 6.42 Å². The summed E-state index contributed by atoms with van der Waals surface area (Å²) in [6.07, 6.45) is 1.95. The van der Waals surface area contributed by atoms with Gasteiger partial charge in [0.15, 0.2) is 0 Å². The minimum atomic E-state index is -1.19. The Morgan fingerprint density at radius 2 is 1.70 bits per heavy atom. The third kappa shape index (κ3) is 10.2. The summed E-state index contributed by atoms with van der Waals surface area (Å²) >= 11 is 0. The first-order valence-corrected chi connectivity index (χ1v) is 7.30. The monoisotopic (exact) mass is 331 g/mol. The van der Waals surface area contributed by atoms with Crippen molar-refractivity contribution in [3.05, 3.63) is 0 Å². The van der Waals surface area contributed by atoms with E-state index in [-0.39, 0.29) is 6.54 Å². The first-order chi connectivity index (χ1) is 10.8. The molecule has 0 aliphatic rings. The number of amides is 3. The first-order valence-electron chi connectivity index (χ1n) is 7.30. The van der Waals surface area contributed by atoms with Crippen molar-refractivity contribution in [2.75, 3.05) is 19.6 Å². The number of carboxylic acids is 1. The number of nitrogens with two attached hydrogens (primary N) is 2. The number of unbranched alkanes of at least 4 members (excludes halogenated alkanes) is 1. The Labute approximate surface area is 134 Å². The summed E-state index contributed by atoms with van der Waals surface area (Å²) in [5.41, 5.74) is 11.0. The molecular weight excluding hydrogens is 306 g/mol. The summed E-state index contributed by atoms with van der Waals surface area (Å²) in [6.45, 7) is 1.07. The Balaban J connectivity index is 4.07. The van der Waals surface area contributed by atoms with Crippen molar-refractivity contribution in [3.63, 3.8) is 0 Å². The van der Waals surface area contributed by atoms with Crippen LogP contribution in [0.15, 0.2) is 0 Å². The Morgan fingerprint density at radius 3 is 2.26 bits per heavy atom. The molecular formula is C13H25N5O5. The van der Waals surface area contributed by atoms with Crippen LogP contribution in [-0.4, -0.2) is 60.5 Å². The minimum Gasteiger partial charge on any atom is -0.480 e. The molecule has 0 aliphatic carbocycles. The number of nitrogens with one attached hydrogen (secondary N) is 3. The van der Waals surface area contributed by atoms with E-state index in [2.05, 4.69) is 16.0 Å². The van der Waals surface area contributed by atoms with Gasteiger partial charge in [-0.15, -0.1) is 0 Å². The van der Waals surface area contributed by atoms with Crippen molar-refractivity contribution in [2.24, 2.45) is 11.5 Å². The number of rotatable bonds is 11. The molecule has 0 spiro atoms. The van der Waals surface area contributed by atoms with E-state index in [0.29, 0.717) is 13.0 Å². The lowest BCUT2D eigenvalue weighted by molar-refractivity contribution is -0.138. The van der Waals surface area contributed by atoms with Crippen LogP contribution < -0.4 is 27.4 Å². The number of carbonyl (C=O) groups is 4. The van der Waals surface area contributed by atoms with E-state index in [1.807, 2.05) is 0 Å². The summed E-state index contributed by atoms with van der Waals surface area (Å²) in [5.74, 6) is -2.86. The van der Waals surface area contributed by atoms with Gasteiger partial charge in [0.2, 0.25) is 17.7 Å². The van der Waals surface area contributed by atoms with Crippen LogP contribution in [0.2, 0.25) is 0 Å². The highest BCUT2D eigenvalue weighted by molar-refractivity contribution is 5.91. The predicted molar refractivity (Wildman–Crippen MR) is 82.1 cm³/mol. The molecule has 0 radical (unpaired) electrons. The number of aliphatic carboxylic acids is 1. The van der Waals surface area contributed by atoms with Crippen LogP contribution in [0.4, 0.5) is 0 Å². The predicted octanol–water partition coefficient (Wildman–Crippen LogP) is -2.74. The molecule has 10 nitrogen and oxygen atoms in total. The van der Waals surface area contributed by atoms with Crippen LogP contribution in [-0.2, 0) is 19.2 Å². The van der Waals surface area contributed by atoms with E-state index in [1.165, 1.54) is 6.92 Å². The van der Waals surface area contributed by atoms with Gasteiger partial charge in [-0.25, -0.2) is 0 Å².